The molecule has 0 aromatic heterocycles. The van der Waals surface area contributed by atoms with Gasteiger partial charge in [-0.25, -0.2) is 0 Å². The second-order valence-electron chi connectivity index (χ2n) is 6.83. The van der Waals surface area contributed by atoms with Gasteiger partial charge in [-0.05, 0) is 19.3 Å². The van der Waals surface area contributed by atoms with Gasteiger partial charge in [0.1, 0.15) is 0 Å². The molecule has 0 spiro atoms. The second kappa shape index (κ2) is 12.8. The lowest BCUT2D eigenvalue weighted by molar-refractivity contribution is -0.140. The maximum absolute atomic E-state index is 11.0. The van der Waals surface area contributed by atoms with E-state index in [0.717, 1.165) is 38.5 Å². The van der Waals surface area contributed by atoms with Crippen molar-refractivity contribution in [2.45, 2.75) is 109 Å². The van der Waals surface area contributed by atoms with Crippen molar-refractivity contribution in [3.05, 3.63) is 0 Å². The summed E-state index contributed by atoms with van der Waals surface area (Å²) in [5.74, 6) is -0.104. The first kappa shape index (κ1) is 20.4. The fraction of sp³-hybridized carbons (Fsp3) is 0.947. The van der Waals surface area contributed by atoms with E-state index in [1.165, 1.54) is 45.6 Å². The lowest BCUT2D eigenvalue weighted by atomic mass is 10.0. The second-order valence-corrected chi connectivity index (χ2v) is 6.83. The third-order valence-electron chi connectivity index (χ3n) is 4.68. The Kier molecular flexibility index (Phi) is 11.3. The molecule has 1 rings (SSSR count). The first-order valence-corrected chi connectivity index (χ1v) is 9.57. The summed E-state index contributed by atoms with van der Waals surface area (Å²) >= 11 is 0. The molecule has 4 heteroatoms. The highest BCUT2D eigenvalue weighted by molar-refractivity contribution is 5.68. The molecule has 4 nitrogen and oxygen atoms in total. The summed E-state index contributed by atoms with van der Waals surface area (Å²) in [6.07, 6.45) is 14.4. The molecule has 23 heavy (non-hydrogen) atoms. The number of hydrogen-bond donors (Lipinski definition) is 1. The van der Waals surface area contributed by atoms with Gasteiger partial charge in [-0.1, -0.05) is 58.3 Å². The molecular weight excluding hydrogens is 292 g/mol. The highest BCUT2D eigenvalue weighted by Gasteiger charge is 2.38. The van der Waals surface area contributed by atoms with Crippen LogP contribution in [0.5, 0.6) is 0 Å². The lowest BCUT2D eigenvalue weighted by Gasteiger charge is -2.08. The molecule has 0 aromatic rings. The summed E-state index contributed by atoms with van der Waals surface area (Å²) in [6, 6.07) is 0. The van der Waals surface area contributed by atoms with E-state index in [2.05, 4.69) is 11.7 Å². The van der Waals surface area contributed by atoms with Gasteiger partial charge in [0.05, 0.1) is 25.4 Å². The predicted octanol–water partition coefficient (Wildman–Crippen LogP) is 4.38. The Bertz CT molecular complexity index is 306. The molecule has 1 aliphatic rings. The molecule has 0 aliphatic carbocycles. The van der Waals surface area contributed by atoms with Crippen LogP contribution < -0.4 is 0 Å². The quantitative estimate of drug-likeness (QED) is 0.275. The van der Waals surface area contributed by atoms with E-state index in [1.54, 1.807) is 0 Å². The van der Waals surface area contributed by atoms with Gasteiger partial charge in [-0.2, -0.15) is 0 Å². The van der Waals surface area contributed by atoms with E-state index in [4.69, 9.17) is 4.74 Å². The number of unbranched alkanes of at least 4 members (excludes halogenated alkanes) is 7. The largest absolute Gasteiger partial charge is 0.469 e. The third-order valence-corrected chi connectivity index (χ3v) is 4.68. The van der Waals surface area contributed by atoms with E-state index in [9.17, 15) is 9.90 Å². The topological polar surface area (TPSA) is 59.1 Å². The van der Waals surface area contributed by atoms with Crippen molar-refractivity contribution >= 4 is 5.97 Å². The van der Waals surface area contributed by atoms with Crippen molar-refractivity contribution in [3.8, 4) is 0 Å². The van der Waals surface area contributed by atoms with Crippen LogP contribution in [-0.4, -0.2) is 36.5 Å². The van der Waals surface area contributed by atoms with Gasteiger partial charge < -0.3 is 14.6 Å². The molecular formula is C19H36O4. The van der Waals surface area contributed by atoms with Crippen LogP contribution >= 0.6 is 0 Å². The number of ether oxygens (including phenoxy) is 2. The Morgan fingerprint density at radius 3 is 2.48 bits per heavy atom. The van der Waals surface area contributed by atoms with Crippen molar-refractivity contribution in [1.82, 2.24) is 0 Å². The van der Waals surface area contributed by atoms with Gasteiger partial charge in [0, 0.05) is 12.8 Å². The van der Waals surface area contributed by atoms with E-state index in [1.807, 2.05) is 0 Å². The first-order valence-electron chi connectivity index (χ1n) is 9.57. The fourth-order valence-corrected chi connectivity index (χ4v) is 3.08. The number of aliphatic hydroxyl groups is 1. The summed E-state index contributed by atoms with van der Waals surface area (Å²) in [5.41, 5.74) is 0. The highest BCUT2D eigenvalue weighted by atomic mass is 16.6. The van der Waals surface area contributed by atoms with Gasteiger partial charge in [-0.3, -0.25) is 4.79 Å². The molecule has 0 unspecified atom stereocenters. The van der Waals surface area contributed by atoms with Crippen LogP contribution in [0.4, 0.5) is 0 Å². The van der Waals surface area contributed by atoms with Crippen LogP contribution in [-0.2, 0) is 14.3 Å². The normalized spacial score (nSPS) is 21.2. The predicted molar refractivity (Wildman–Crippen MR) is 92.4 cm³/mol. The summed E-state index contributed by atoms with van der Waals surface area (Å²) in [4.78, 5) is 11.0. The maximum atomic E-state index is 11.0. The number of methoxy groups -OCH3 is 1. The molecule has 1 heterocycles. The zero-order chi connectivity index (χ0) is 16.9. The van der Waals surface area contributed by atoms with Crippen molar-refractivity contribution in [2.24, 2.45) is 0 Å². The van der Waals surface area contributed by atoms with Crippen LogP contribution in [0.25, 0.3) is 0 Å². The average Bonchev–Trinajstić information content (AvgIpc) is 3.28. The number of aliphatic hydroxyl groups excluding tert-OH is 1. The van der Waals surface area contributed by atoms with Gasteiger partial charge in [0.25, 0.3) is 0 Å². The Morgan fingerprint density at radius 1 is 1.04 bits per heavy atom. The molecule has 1 aliphatic heterocycles. The average molecular weight is 328 g/mol. The smallest absolute Gasteiger partial charge is 0.305 e. The Balaban J connectivity index is 1.86. The van der Waals surface area contributed by atoms with E-state index in [0.29, 0.717) is 18.6 Å². The number of epoxide rings is 1. The summed E-state index contributed by atoms with van der Waals surface area (Å²) in [6.45, 7) is 2.21. The van der Waals surface area contributed by atoms with Crippen molar-refractivity contribution in [1.29, 1.82) is 0 Å². The SMILES string of the molecule is CCCCCC[C@H](O)C[C@H]1O[C@H]1CCCCCCCC(=O)OC. The maximum Gasteiger partial charge on any atom is 0.305 e. The van der Waals surface area contributed by atoms with Gasteiger partial charge in [0.15, 0.2) is 0 Å². The summed E-state index contributed by atoms with van der Waals surface area (Å²) in [7, 11) is 1.44. The van der Waals surface area contributed by atoms with Crippen LogP contribution in [0.3, 0.4) is 0 Å². The van der Waals surface area contributed by atoms with Crippen molar-refractivity contribution in [3.63, 3.8) is 0 Å². The number of carbonyl (C=O) groups excluding carboxylic acids is 1. The molecule has 0 aromatic carbocycles. The zero-order valence-corrected chi connectivity index (χ0v) is 15.1. The Hall–Kier alpha value is -0.610. The van der Waals surface area contributed by atoms with E-state index >= 15 is 0 Å². The van der Waals surface area contributed by atoms with Crippen molar-refractivity contribution in [2.75, 3.05) is 7.11 Å². The van der Waals surface area contributed by atoms with Gasteiger partial charge in [-0.15, -0.1) is 0 Å². The molecule has 0 amide bonds. The highest BCUT2D eigenvalue weighted by Crippen LogP contribution is 2.32. The lowest BCUT2D eigenvalue weighted by Crippen LogP contribution is -2.11. The van der Waals surface area contributed by atoms with E-state index < -0.39 is 0 Å². The van der Waals surface area contributed by atoms with Crippen LogP contribution in [0.15, 0.2) is 0 Å². The molecule has 0 saturated carbocycles. The van der Waals surface area contributed by atoms with Crippen LogP contribution in [0, 0.1) is 0 Å². The molecule has 3 atom stereocenters. The molecule has 1 fully saturated rings. The number of hydrogen-bond acceptors (Lipinski definition) is 4. The zero-order valence-electron chi connectivity index (χ0n) is 15.1. The fourth-order valence-electron chi connectivity index (χ4n) is 3.08. The molecule has 0 bridgehead atoms. The molecule has 136 valence electrons. The monoisotopic (exact) mass is 328 g/mol. The minimum Gasteiger partial charge on any atom is -0.469 e. The third kappa shape index (κ3) is 10.7. The number of carbonyl (C=O) groups is 1. The van der Waals surface area contributed by atoms with Crippen LogP contribution in [0.2, 0.25) is 0 Å². The Labute approximate surface area is 141 Å². The first-order chi connectivity index (χ1) is 11.2. The van der Waals surface area contributed by atoms with Crippen LogP contribution in [0.1, 0.15) is 90.4 Å². The molecule has 1 N–H and O–H groups in total. The Morgan fingerprint density at radius 2 is 1.74 bits per heavy atom. The van der Waals surface area contributed by atoms with E-state index in [-0.39, 0.29) is 12.1 Å². The van der Waals surface area contributed by atoms with Gasteiger partial charge in [0.2, 0.25) is 0 Å². The summed E-state index contributed by atoms with van der Waals surface area (Å²) in [5, 5.41) is 9.99. The molecule has 1 saturated heterocycles. The standard InChI is InChI=1S/C19H36O4/c1-3-4-5-9-12-16(20)15-18-17(23-18)13-10-7-6-8-11-14-19(21)22-2/h16-18,20H,3-15H2,1-2H3/t16-,17-,18+/m0/s1. The number of esters is 1. The molecule has 0 radical (unpaired) electrons. The van der Waals surface area contributed by atoms with Gasteiger partial charge >= 0.3 is 5.97 Å². The summed E-state index contributed by atoms with van der Waals surface area (Å²) < 4.78 is 10.3. The minimum atomic E-state index is -0.180. The minimum absolute atomic E-state index is 0.104. The number of rotatable bonds is 15. The van der Waals surface area contributed by atoms with Crippen molar-refractivity contribution < 1.29 is 19.4 Å².